The molecule has 6 nitrogen and oxygen atoms in total. The van der Waals surface area contributed by atoms with Gasteiger partial charge in [0.25, 0.3) is 5.56 Å². The van der Waals surface area contributed by atoms with Crippen LogP contribution in [-0.2, 0) is 6.54 Å². The van der Waals surface area contributed by atoms with Gasteiger partial charge in [-0.25, -0.2) is 19.0 Å². The molecule has 182 valence electrons. The molecule has 0 saturated heterocycles. The summed E-state index contributed by atoms with van der Waals surface area (Å²) in [6.07, 6.45) is 1.48. The Morgan fingerprint density at radius 3 is 2.59 bits per heavy atom. The van der Waals surface area contributed by atoms with E-state index < -0.39 is 5.82 Å². The average Bonchev–Trinajstić information content (AvgIpc) is 3.25. The maximum Gasteiger partial charge on any atom is 0.263 e. The smallest absolute Gasteiger partial charge is 0.263 e. The second kappa shape index (κ2) is 9.35. The van der Waals surface area contributed by atoms with Crippen molar-refractivity contribution in [3.8, 4) is 16.9 Å². The second-order valence-electron chi connectivity index (χ2n) is 8.65. The largest absolute Gasteiger partial charge is 0.276 e. The molecule has 0 spiro atoms. The maximum atomic E-state index is 15.0. The van der Waals surface area contributed by atoms with Crippen LogP contribution in [0.4, 0.5) is 4.39 Å². The normalized spacial score (nSPS) is 11.5. The molecule has 3 heterocycles. The zero-order valence-corrected chi connectivity index (χ0v) is 22.4. The van der Waals surface area contributed by atoms with E-state index in [1.165, 1.54) is 17.0 Å². The second-order valence-corrected chi connectivity index (χ2v) is 10.1. The topological polar surface area (TPSA) is 65.6 Å². The van der Waals surface area contributed by atoms with Gasteiger partial charge in [0.1, 0.15) is 21.5 Å². The Kier molecular flexibility index (Phi) is 6.00. The summed E-state index contributed by atoms with van der Waals surface area (Å²) in [4.78, 5) is 22.7. The Bertz CT molecular complexity index is 1900. The molecular formula is C28H18ClFIN5O. The van der Waals surface area contributed by atoms with Crippen LogP contribution in [0.2, 0.25) is 5.02 Å². The molecule has 0 fully saturated rings. The van der Waals surface area contributed by atoms with Crippen molar-refractivity contribution in [2.75, 3.05) is 0 Å². The molecule has 0 saturated carbocycles. The van der Waals surface area contributed by atoms with Gasteiger partial charge in [-0.3, -0.25) is 9.36 Å². The highest BCUT2D eigenvalue weighted by atomic mass is 127. The van der Waals surface area contributed by atoms with Crippen molar-refractivity contribution < 1.29 is 4.39 Å². The summed E-state index contributed by atoms with van der Waals surface area (Å²) in [5, 5.41) is 7.58. The van der Waals surface area contributed by atoms with Crippen molar-refractivity contribution >= 4 is 56.0 Å². The van der Waals surface area contributed by atoms with E-state index in [0.29, 0.717) is 27.4 Å². The first-order valence-corrected chi connectivity index (χ1v) is 12.9. The van der Waals surface area contributed by atoms with E-state index in [2.05, 4.69) is 32.6 Å². The summed E-state index contributed by atoms with van der Waals surface area (Å²) in [6.45, 7) is 2.06. The quantitative estimate of drug-likeness (QED) is 0.165. The van der Waals surface area contributed by atoms with Crippen LogP contribution in [0.25, 0.3) is 38.8 Å². The summed E-state index contributed by atoms with van der Waals surface area (Å²) in [5.41, 5.74) is 3.41. The molecule has 0 unspecified atom stereocenters. The van der Waals surface area contributed by atoms with Crippen LogP contribution >= 0.6 is 34.2 Å². The minimum Gasteiger partial charge on any atom is -0.276 e. The summed E-state index contributed by atoms with van der Waals surface area (Å²) in [7, 11) is 0. The zero-order chi connectivity index (χ0) is 25.7. The molecule has 0 amide bonds. The predicted octanol–water partition coefficient (Wildman–Crippen LogP) is 6.55. The number of nitrogens with zero attached hydrogens (tertiary/aromatic N) is 5. The van der Waals surface area contributed by atoms with Gasteiger partial charge in [-0.05, 0) is 70.8 Å². The third kappa shape index (κ3) is 4.10. The highest BCUT2D eigenvalue weighted by molar-refractivity contribution is 14.1. The third-order valence-electron chi connectivity index (χ3n) is 6.32. The van der Waals surface area contributed by atoms with Crippen molar-refractivity contribution in [1.82, 2.24) is 24.3 Å². The fourth-order valence-electron chi connectivity index (χ4n) is 4.68. The van der Waals surface area contributed by atoms with Gasteiger partial charge in [0.2, 0.25) is 0 Å². The number of benzene rings is 3. The van der Waals surface area contributed by atoms with E-state index >= 15 is 4.39 Å². The van der Waals surface area contributed by atoms with Crippen LogP contribution in [0.15, 0.2) is 83.9 Å². The van der Waals surface area contributed by atoms with Crippen LogP contribution < -0.4 is 5.56 Å². The van der Waals surface area contributed by atoms with E-state index in [1.54, 1.807) is 28.9 Å². The predicted molar refractivity (Wildman–Crippen MR) is 152 cm³/mol. The Labute approximate surface area is 229 Å². The van der Waals surface area contributed by atoms with E-state index in [9.17, 15) is 4.79 Å². The van der Waals surface area contributed by atoms with Crippen LogP contribution in [0, 0.1) is 16.4 Å². The molecule has 6 aromatic rings. The summed E-state index contributed by atoms with van der Waals surface area (Å²) in [6, 6.07) is 21.3. The molecule has 0 aliphatic carbocycles. The van der Waals surface area contributed by atoms with E-state index in [0.717, 1.165) is 25.6 Å². The lowest BCUT2D eigenvalue weighted by molar-refractivity contribution is 0.606. The van der Waals surface area contributed by atoms with Gasteiger partial charge in [-0.1, -0.05) is 54.1 Å². The molecule has 9 heteroatoms. The number of fused-ring (bicyclic) bond motifs is 2. The van der Waals surface area contributed by atoms with Crippen LogP contribution in [0.5, 0.6) is 0 Å². The van der Waals surface area contributed by atoms with E-state index in [-0.39, 0.29) is 17.8 Å². The molecule has 0 N–H and O–H groups in total. The molecule has 0 bridgehead atoms. The van der Waals surface area contributed by atoms with Crippen LogP contribution in [0.1, 0.15) is 11.3 Å². The summed E-state index contributed by atoms with van der Waals surface area (Å²) >= 11 is 8.43. The standard InChI is InChI=1S/C28H18ClFIN5O/c1-16-6-4-7-17-13-20(36(28(37)23(16)17)22-11-3-2-10-21(22)30)14-35-27-24(26(31)32-15-33-27)25(34-35)18-8-5-9-19(29)12-18/h2-13,15H,14H2,1H3. The number of rotatable bonds is 4. The fraction of sp³-hybridized carbons (Fsp3) is 0.0714. The Morgan fingerprint density at radius 1 is 0.973 bits per heavy atom. The van der Waals surface area contributed by atoms with E-state index in [1.807, 2.05) is 49.4 Å². The molecule has 0 radical (unpaired) electrons. The summed E-state index contributed by atoms with van der Waals surface area (Å²) < 4.78 is 18.9. The third-order valence-corrected chi connectivity index (χ3v) is 7.37. The number of aromatic nitrogens is 5. The van der Waals surface area contributed by atoms with E-state index in [4.69, 9.17) is 16.7 Å². The maximum absolute atomic E-state index is 15.0. The minimum absolute atomic E-state index is 0.178. The van der Waals surface area contributed by atoms with Gasteiger partial charge in [-0.2, -0.15) is 5.10 Å². The highest BCUT2D eigenvalue weighted by Crippen LogP contribution is 2.31. The average molecular weight is 622 g/mol. The van der Waals surface area contributed by atoms with Gasteiger partial charge in [0.15, 0.2) is 5.65 Å². The SMILES string of the molecule is Cc1cccc2cc(Cn3nc(-c4cccc(Cl)c4)c4c(I)ncnc43)n(-c3ccccc3F)c(=O)c12. The van der Waals surface area contributed by atoms with Gasteiger partial charge in [0, 0.05) is 16.3 Å². The number of halogens is 3. The van der Waals surface area contributed by atoms with Gasteiger partial charge in [0.05, 0.1) is 23.0 Å². The Morgan fingerprint density at radius 2 is 1.78 bits per heavy atom. The molecule has 3 aromatic heterocycles. The molecule has 37 heavy (non-hydrogen) atoms. The number of pyridine rings is 1. The zero-order valence-electron chi connectivity index (χ0n) is 19.5. The lowest BCUT2D eigenvalue weighted by Crippen LogP contribution is -2.25. The van der Waals surface area contributed by atoms with Crippen molar-refractivity contribution in [1.29, 1.82) is 0 Å². The Hall–Kier alpha value is -3.63. The lowest BCUT2D eigenvalue weighted by Gasteiger charge is -2.16. The summed E-state index contributed by atoms with van der Waals surface area (Å²) in [5.74, 6) is -0.486. The molecule has 0 aliphatic rings. The number of aryl methyl sites for hydroxylation is 1. The first-order valence-electron chi connectivity index (χ1n) is 11.4. The van der Waals surface area contributed by atoms with Crippen molar-refractivity contribution in [2.24, 2.45) is 0 Å². The highest BCUT2D eigenvalue weighted by Gasteiger charge is 2.21. The van der Waals surface area contributed by atoms with Crippen LogP contribution in [0.3, 0.4) is 0 Å². The fourth-order valence-corrected chi connectivity index (χ4v) is 5.49. The monoisotopic (exact) mass is 621 g/mol. The van der Waals surface area contributed by atoms with Gasteiger partial charge < -0.3 is 0 Å². The molecule has 0 atom stereocenters. The first kappa shape index (κ1) is 23.7. The molecule has 6 rings (SSSR count). The minimum atomic E-state index is -0.486. The molecule has 3 aromatic carbocycles. The molecule has 0 aliphatic heterocycles. The number of para-hydroxylation sites is 1. The Balaban J connectivity index is 1.63. The van der Waals surface area contributed by atoms with Gasteiger partial charge >= 0.3 is 0 Å². The number of hydrogen-bond acceptors (Lipinski definition) is 4. The lowest BCUT2D eigenvalue weighted by atomic mass is 10.1. The van der Waals surface area contributed by atoms with Crippen molar-refractivity contribution in [2.45, 2.75) is 13.5 Å². The first-order chi connectivity index (χ1) is 17.9. The number of hydrogen-bond donors (Lipinski definition) is 0. The van der Waals surface area contributed by atoms with Gasteiger partial charge in [-0.15, -0.1) is 0 Å². The van der Waals surface area contributed by atoms with Crippen LogP contribution in [-0.4, -0.2) is 24.3 Å². The molecular weight excluding hydrogens is 604 g/mol. The van der Waals surface area contributed by atoms with Crippen molar-refractivity contribution in [3.05, 3.63) is 115 Å². The van der Waals surface area contributed by atoms with Crippen molar-refractivity contribution in [3.63, 3.8) is 0 Å².